The van der Waals surface area contributed by atoms with Crippen LogP contribution in [0.3, 0.4) is 0 Å². The van der Waals surface area contributed by atoms with Crippen molar-refractivity contribution in [1.82, 2.24) is 10.2 Å². The molecule has 0 rings (SSSR count). The van der Waals surface area contributed by atoms with E-state index in [1.807, 2.05) is 27.7 Å². The Kier molecular flexibility index (Phi) is 8.12. The summed E-state index contributed by atoms with van der Waals surface area (Å²) in [5.41, 5.74) is -0.449. The van der Waals surface area contributed by atoms with Crippen LogP contribution in [0.4, 0.5) is 0 Å². The summed E-state index contributed by atoms with van der Waals surface area (Å²) in [6.07, 6.45) is 1.98. The quantitative estimate of drug-likeness (QED) is 0.716. The molecule has 2 N–H and O–H groups in total. The van der Waals surface area contributed by atoms with Crippen molar-refractivity contribution in [3.05, 3.63) is 0 Å². The summed E-state index contributed by atoms with van der Waals surface area (Å²) in [5, 5.41) is 11.7. The van der Waals surface area contributed by atoms with Gasteiger partial charge in [0.25, 0.3) is 0 Å². The van der Waals surface area contributed by atoms with Gasteiger partial charge in [0.1, 0.15) is 6.04 Å². The first kappa shape index (κ1) is 20.4. The van der Waals surface area contributed by atoms with E-state index < -0.39 is 23.3 Å². The Morgan fingerprint density at radius 1 is 1.18 bits per heavy atom. The lowest BCUT2D eigenvalue weighted by molar-refractivity contribution is -0.143. The maximum Gasteiger partial charge on any atom is 0.304 e. The first-order chi connectivity index (χ1) is 10.0. The maximum atomic E-state index is 12.4. The highest BCUT2D eigenvalue weighted by Gasteiger charge is 2.35. The highest BCUT2D eigenvalue weighted by atomic mass is 16.4. The SMILES string of the molecule is CCCC[C@H](CC(=O)O)C(=O)N[C@H](C(=O)N(C)C)C(C)(C)C. The summed E-state index contributed by atoms with van der Waals surface area (Å²) in [6, 6.07) is -0.673. The van der Waals surface area contributed by atoms with E-state index in [9.17, 15) is 14.4 Å². The molecule has 0 saturated heterocycles. The average Bonchev–Trinajstić information content (AvgIpc) is 2.37. The molecule has 0 fully saturated rings. The number of aliphatic carboxylic acids is 1. The van der Waals surface area contributed by atoms with Crippen LogP contribution in [-0.2, 0) is 14.4 Å². The van der Waals surface area contributed by atoms with E-state index in [2.05, 4.69) is 5.32 Å². The number of carboxylic acid groups (broad SMARTS) is 1. The fraction of sp³-hybridized carbons (Fsp3) is 0.812. The zero-order valence-corrected chi connectivity index (χ0v) is 14.6. The molecule has 0 aromatic rings. The number of hydrogen-bond acceptors (Lipinski definition) is 3. The molecule has 0 aromatic heterocycles. The zero-order valence-electron chi connectivity index (χ0n) is 14.6. The minimum Gasteiger partial charge on any atom is -0.481 e. The van der Waals surface area contributed by atoms with E-state index >= 15 is 0 Å². The van der Waals surface area contributed by atoms with Gasteiger partial charge in [-0.1, -0.05) is 40.5 Å². The minimum atomic E-state index is -0.998. The summed E-state index contributed by atoms with van der Waals surface area (Å²) in [5.74, 6) is -2.14. The van der Waals surface area contributed by atoms with Crippen LogP contribution in [0, 0.1) is 11.3 Å². The first-order valence-electron chi connectivity index (χ1n) is 7.74. The summed E-state index contributed by atoms with van der Waals surface area (Å²) in [7, 11) is 3.28. The number of carboxylic acids is 1. The molecule has 0 aromatic carbocycles. The fourth-order valence-corrected chi connectivity index (χ4v) is 2.15. The molecule has 2 amide bonds. The normalized spacial score (nSPS) is 14.1. The molecule has 22 heavy (non-hydrogen) atoms. The Morgan fingerprint density at radius 2 is 1.73 bits per heavy atom. The minimum absolute atomic E-state index is 0.189. The Morgan fingerprint density at radius 3 is 2.09 bits per heavy atom. The van der Waals surface area contributed by atoms with Crippen LogP contribution in [0.5, 0.6) is 0 Å². The Labute approximate surface area is 133 Å². The van der Waals surface area contributed by atoms with E-state index in [-0.39, 0.29) is 18.2 Å². The van der Waals surface area contributed by atoms with Gasteiger partial charge >= 0.3 is 5.97 Å². The predicted octanol–water partition coefficient (Wildman–Crippen LogP) is 1.89. The van der Waals surface area contributed by atoms with Gasteiger partial charge in [-0.05, 0) is 11.8 Å². The van der Waals surface area contributed by atoms with Crippen LogP contribution >= 0.6 is 0 Å². The van der Waals surface area contributed by atoms with Gasteiger partial charge in [-0.2, -0.15) is 0 Å². The summed E-state index contributed by atoms with van der Waals surface area (Å²) in [6.45, 7) is 7.61. The van der Waals surface area contributed by atoms with Crippen molar-refractivity contribution in [2.45, 2.75) is 59.4 Å². The number of amides is 2. The summed E-state index contributed by atoms with van der Waals surface area (Å²) < 4.78 is 0. The highest BCUT2D eigenvalue weighted by Crippen LogP contribution is 2.22. The lowest BCUT2D eigenvalue weighted by Crippen LogP contribution is -2.54. The largest absolute Gasteiger partial charge is 0.481 e. The third-order valence-electron chi connectivity index (χ3n) is 3.54. The van der Waals surface area contributed by atoms with Gasteiger partial charge in [-0.25, -0.2) is 0 Å². The van der Waals surface area contributed by atoms with Crippen molar-refractivity contribution >= 4 is 17.8 Å². The van der Waals surface area contributed by atoms with Crippen molar-refractivity contribution in [2.24, 2.45) is 11.3 Å². The van der Waals surface area contributed by atoms with E-state index in [0.29, 0.717) is 6.42 Å². The Balaban J connectivity index is 5.10. The summed E-state index contributed by atoms with van der Waals surface area (Å²) >= 11 is 0. The van der Waals surface area contributed by atoms with Gasteiger partial charge in [-0.15, -0.1) is 0 Å². The van der Waals surface area contributed by atoms with Gasteiger partial charge in [0.2, 0.25) is 11.8 Å². The van der Waals surface area contributed by atoms with Crippen molar-refractivity contribution < 1.29 is 19.5 Å². The molecule has 0 radical (unpaired) electrons. The fourth-order valence-electron chi connectivity index (χ4n) is 2.15. The van der Waals surface area contributed by atoms with Gasteiger partial charge in [0, 0.05) is 20.0 Å². The number of unbranched alkanes of at least 4 members (excludes halogenated alkanes) is 1. The van der Waals surface area contributed by atoms with E-state index in [0.717, 1.165) is 12.8 Å². The predicted molar refractivity (Wildman–Crippen MR) is 85.3 cm³/mol. The van der Waals surface area contributed by atoms with Gasteiger partial charge in [0.15, 0.2) is 0 Å². The number of carbonyl (C=O) groups is 3. The molecule has 2 atom stereocenters. The van der Waals surface area contributed by atoms with Crippen molar-refractivity contribution in [1.29, 1.82) is 0 Å². The molecule has 128 valence electrons. The van der Waals surface area contributed by atoms with Crippen LogP contribution in [-0.4, -0.2) is 47.9 Å². The van der Waals surface area contributed by atoms with Crippen molar-refractivity contribution in [2.75, 3.05) is 14.1 Å². The van der Waals surface area contributed by atoms with Crippen molar-refractivity contribution in [3.8, 4) is 0 Å². The standard InChI is InChI=1S/C16H30N2O4/c1-7-8-9-11(10-12(19)20)14(21)17-13(16(2,3)4)15(22)18(5)6/h11,13H,7-10H2,1-6H3,(H,17,21)(H,19,20)/t11-,13-/m1/s1. The highest BCUT2D eigenvalue weighted by molar-refractivity contribution is 5.90. The monoisotopic (exact) mass is 314 g/mol. The number of nitrogens with zero attached hydrogens (tertiary/aromatic N) is 1. The smallest absolute Gasteiger partial charge is 0.304 e. The number of rotatable bonds is 8. The molecule has 6 nitrogen and oxygen atoms in total. The molecule has 0 aliphatic rings. The maximum absolute atomic E-state index is 12.4. The lowest BCUT2D eigenvalue weighted by atomic mass is 9.85. The number of carbonyl (C=O) groups excluding carboxylic acids is 2. The first-order valence-corrected chi connectivity index (χ1v) is 7.74. The van der Waals surface area contributed by atoms with E-state index in [1.165, 1.54) is 4.90 Å². The molecular formula is C16H30N2O4. The third-order valence-corrected chi connectivity index (χ3v) is 3.54. The second-order valence-electron chi connectivity index (χ2n) is 6.98. The zero-order chi connectivity index (χ0) is 17.5. The van der Waals surface area contributed by atoms with Crippen molar-refractivity contribution in [3.63, 3.8) is 0 Å². The Bertz CT molecular complexity index is 399. The van der Waals surface area contributed by atoms with E-state index in [1.54, 1.807) is 14.1 Å². The molecule has 0 aliphatic heterocycles. The van der Waals surface area contributed by atoms with Crippen LogP contribution < -0.4 is 5.32 Å². The lowest BCUT2D eigenvalue weighted by Gasteiger charge is -2.33. The molecule has 0 aliphatic carbocycles. The molecule has 6 heteroatoms. The molecule has 0 unspecified atom stereocenters. The second-order valence-corrected chi connectivity index (χ2v) is 6.98. The molecule has 0 bridgehead atoms. The summed E-state index contributed by atoms with van der Waals surface area (Å²) in [4.78, 5) is 37.1. The van der Waals surface area contributed by atoms with E-state index in [4.69, 9.17) is 5.11 Å². The van der Waals surface area contributed by atoms with Crippen LogP contribution in [0.2, 0.25) is 0 Å². The third kappa shape index (κ3) is 6.91. The van der Waals surface area contributed by atoms with Crippen LogP contribution in [0.25, 0.3) is 0 Å². The Hall–Kier alpha value is -1.59. The second kappa shape index (κ2) is 8.76. The molecule has 0 saturated carbocycles. The number of likely N-dealkylation sites (N-methyl/N-ethyl adjacent to an activating group) is 1. The topological polar surface area (TPSA) is 86.7 Å². The van der Waals surface area contributed by atoms with Gasteiger partial charge in [-0.3, -0.25) is 14.4 Å². The number of nitrogens with one attached hydrogen (secondary N) is 1. The van der Waals surface area contributed by atoms with Gasteiger partial charge < -0.3 is 15.3 Å². The number of hydrogen-bond donors (Lipinski definition) is 2. The van der Waals surface area contributed by atoms with Crippen LogP contribution in [0.15, 0.2) is 0 Å². The molecule has 0 heterocycles. The van der Waals surface area contributed by atoms with Crippen LogP contribution in [0.1, 0.15) is 53.4 Å². The average molecular weight is 314 g/mol. The van der Waals surface area contributed by atoms with Gasteiger partial charge in [0.05, 0.1) is 6.42 Å². The molecular weight excluding hydrogens is 284 g/mol. The molecule has 0 spiro atoms.